The van der Waals surface area contributed by atoms with Gasteiger partial charge >= 0.3 is 0 Å². The largest absolute Gasteiger partial charge is 0.472 e. The van der Waals surface area contributed by atoms with Crippen molar-refractivity contribution in [1.29, 1.82) is 0 Å². The van der Waals surface area contributed by atoms with Crippen LogP contribution in [0.3, 0.4) is 0 Å². The summed E-state index contributed by atoms with van der Waals surface area (Å²) in [6.45, 7) is 8.70. The van der Waals surface area contributed by atoms with Gasteiger partial charge in [-0.3, -0.25) is 0 Å². The number of fused-ring (bicyclic) bond motifs is 2. The van der Waals surface area contributed by atoms with E-state index in [4.69, 9.17) is 4.74 Å². The lowest BCUT2D eigenvalue weighted by molar-refractivity contribution is 0.389. The van der Waals surface area contributed by atoms with Crippen LogP contribution in [-0.4, -0.2) is 5.54 Å². The average Bonchev–Trinajstić information content (AvgIpc) is 2.26. The van der Waals surface area contributed by atoms with Crippen molar-refractivity contribution in [3.05, 3.63) is 58.7 Å². The molecule has 0 radical (unpaired) electrons. The van der Waals surface area contributed by atoms with E-state index in [2.05, 4.69) is 51.2 Å². The number of allylic oxidation sites excluding steroid dienone is 5. The molecule has 0 amide bonds. The van der Waals surface area contributed by atoms with Crippen molar-refractivity contribution in [3.63, 3.8) is 0 Å². The smallest absolute Gasteiger partial charge is 0.0980 e. The van der Waals surface area contributed by atoms with E-state index in [-0.39, 0.29) is 5.54 Å². The lowest BCUT2D eigenvalue weighted by atomic mass is 9.79. The Bertz CT molecular complexity index is 556. The maximum Gasteiger partial charge on any atom is 0.0980 e. The summed E-state index contributed by atoms with van der Waals surface area (Å²) in [5.74, 6) is 0.381. The van der Waals surface area contributed by atoms with Crippen LogP contribution in [0, 0.1) is 5.92 Å². The average molecular weight is 241 g/mol. The van der Waals surface area contributed by atoms with Gasteiger partial charge in [0.15, 0.2) is 0 Å². The number of hydrogen-bond acceptors (Lipinski definition) is 2. The molecular weight excluding hydrogens is 222 g/mol. The summed E-state index contributed by atoms with van der Waals surface area (Å²) in [6.07, 6.45) is 10.5. The summed E-state index contributed by atoms with van der Waals surface area (Å²) < 4.78 is 5.36. The van der Waals surface area contributed by atoms with Crippen molar-refractivity contribution in [1.82, 2.24) is 5.32 Å². The van der Waals surface area contributed by atoms with Gasteiger partial charge in [-0.2, -0.15) is 0 Å². The van der Waals surface area contributed by atoms with Gasteiger partial charge in [0.25, 0.3) is 0 Å². The second-order valence-corrected chi connectivity index (χ2v) is 5.90. The molecule has 3 rings (SSSR count). The fraction of sp³-hybridized carbons (Fsp3) is 0.375. The van der Waals surface area contributed by atoms with Crippen LogP contribution < -0.4 is 5.32 Å². The highest BCUT2D eigenvalue weighted by Crippen LogP contribution is 2.39. The van der Waals surface area contributed by atoms with Crippen LogP contribution in [-0.2, 0) is 4.74 Å². The molecule has 1 aliphatic carbocycles. The van der Waals surface area contributed by atoms with Crippen molar-refractivity contribution >= 4 is 0 Å². The highest BCUT2D eigenvalue weighted by molar-refractivity contribution is 5.58. The Kier molecular flexibility index (Phi) is 2.31. The summed E-state index contributed by atoms with van der Waals surface area (Å²) in [5, 5.41) is 3.60. The SMILES string of the molecule is CC1=COC=C2C=C3NC(C)(C)C=C(C)C3C=C12. The van der Waals surface area contributed by atoms with Crippen LogP contribution in [0.5, 0.6) is 0 Å². The van der Waals surface area contributed by atoms with Gasteiger partial charge in [-0.15, -0.1) is 0 Å². The first-order valence-electron chi connectivity index (χ1n) is 6.40. The van der Waals surface area contributed by atoms with Crippen LogP contribution in [0.25, 0.3) is 0 Å². The second-order valence-electron chi connectivity index (χ2n) is 5.90. The first-order chi connectivity index (χ1) is 8.46. The molecule has 0 saturated carbocycles. The van der Waals surface area contributed by atoms with Crippen LogP contribution in [0.4, 0.5) is 0 Å². The van der Waals surface area contributed by atoms with Crippen LogP contribution in [0.15, 0.2) is 58.7 Å². The molecule has 1 atom stereocenters. The molecule has 2 heterocycles. The van der Waals surface area contributed by atoms with Gasteiger partial charge in [0.2, 0.25) is 0 Å². The van der Waals surface area contributed by atoms with Crippen molar-refractivity contribution in [2.45, 2.75) is 33.2 Å². The van der Waals surface area contributed by atoms with Gasteiger partial charge in [-0.1, -0.05) is 17.7 Å². The van der Waals surface area contributed by atoms with E-state index in [0.717, 1.165) is 0 Å². The van der Waals surface area contributed by atoms with E-state index in [0.29, 0.717) is 5.92 Å². The molecule has 0 saturated heterocycles. The van der Waals surface area contributed by atoms with Crippen molar-refractivity contribution in [3.8, 4) is 0 Å². The standard InChI is InChI=1S/C16H19NO/c1-10-7-16(3,4)17-15-5-12-9-18-8-11(2)13(12)6-14(10)15/h5-9,14,17H,1-4H3. The van der Waals surface area contributed by atoms with Crippen molar-refractivity contribution in [2.24, 2.45) is 5.92 Å². The summed E-state index contributed by atoms with van der Waals surface area (Å²) in [4.78, 5) is 0. The maximum atomic E-state index is 5.36. The summed E-state index contributed by atoms with van der Waals surface area (Å²) in [7, 11) is 0. The lowest BCUT2D eigenvalue weighted by Crippen LogP contribution is -2.43. The van der Waals surface area contributed by atoms with Gasteiger partial charge in [-0.25, -0.2) is 0 Å². The predicted octanol–water partition coefficient (Wildman–Crippen LogP) is 3.57. The lowest BCUT2D eigenvalue weighted by Gasteiger charge is -2.38. The summed E-state index contributed by atoms with van der Waals surface area (Å²) in [6, 6.07) is 0. The molecule has 18 heavy (non-hydrogen) atoms. The Labute approximate surface area is 108 Å². The second kappa shape index (κ2) is 3.64. The van der Waals surface area contributed by atoms with Gasteiger partial charge < -0.3 is 10.1 Å². The van der Waals surface area contributed by atoms with E-state index in [1.807, 2.05) is 12.5 Å². The third kappa shape index (κ3) is 1.72. The van der Waals surface area contributed by atoms with Gasteiger partial charge in [0.05, 0.1) is 12.5 Å². The molecule has 2 heteroatoms. The van der Waals surface area contributed by atoms with Gasteiger partial charge in [0.1, 0.15) is 0 Å². The Hall–Kier alpha value is -1.70. The Balaban J connectivity index is 2.08. The highest BCUT2D eigenvalue weighted by atomic mass is 16.5. The Morgan fingerprint density at radius 1 is 1.22 bits per heavy atom. The fourth-order valence-electron chi connectivity index (χ4n) is 2.97. The molecule has 0 aromatic heterocycles. The molecule has 0 spiro atoms. The van der Waals surface area contributed by atoms with Gasteiger partial charge in [-0.05, 0) is 44.9 Å². The quantitative estimate of drug-likeness (QED) is 0.655. The third-order valence-electron chi connectivity index (χ3n) is 3.70. The predicted molar refractivity (Wildman–Crippen MR) is 73.6 cm³/mol. The molecule has 2 nitrogen and oxygen atoms in total. The maximum absolute atomic E-state index is 5.36. The minimum atomic E-state index is 0.0265. The summed E-state index contributed by atoms with van der Waals surface area (Å²) >= 11 is 0. The zero-order chi connectivity index (χ0) is 12.9. The normalized spacial score (nSPS) is 28.2. The van der Waals surface area contributed by atoms with Crippen LogP contribution in [0.2, 0.25) is 0 Å². The molecule has 2 aliphatic heterocycles. The van der Waals surface area contributed by atoms with Crippen LogP contribution in [0.1, 0.15) is 27.7 Å². The number of nitrogens with one attached hydrogen (secondary N) is 1. The third-order valence-corrected chi connectivity index (χ3v) is 3.70. The molecule has 0 bridgehead atoms. The molecule has 94 valence electrons. The number of ether oxygens (including phenoxy) is 1. The molecule has 1 N–H and O–H groups in total. The van der Waals surface area contributed by atoms with E-state index < -0.39 is 0 Å². The van der Waals surface area contributed by atoms with Crippen molar-refractivity contribution in [2.75, 3.05) is 0 Å². The first-order valence-corrected chi connectivity index (χ1v) is 6.40. The first kappa shape index (κ1) is 11.4. The Morgan fingerprint density at radius 2 is 2.00 bits per heavy atom. The molecule has 1 unspecified atom stereocenters. The van der Waals surface area contributed by atoms with Crippen LogP contribution >= 0.6 is 0 Å². The summed E-state index contributed by atoms with van der Waals surface area (Å²) in [5.41, 5.74) is 6.37. The molecular formula is C16H19NO. The van der Waals surface area contributed by atoms with E-state index in [1.54, 1.807) is 0 Å². The Morgan fingerprint density at radius 3 is 2.78 bits per heavy atom. The van der Waals surface area contributed by atoms with Crippen molar-refractivity contribution < 1.29 is 4.74 Å². The molecule has 3 aliphatic rings. The molecule has 0 aromatic rings. The zero-order valence-electron chi connectivity index (χ0n) is 11.4. The number of hydrogen-bond donors (Lipinski definition) is 1. The highest BCUT2D eigenvalue weighted by Gasteiger charge is 2.31. The van der Waals surface area contributed by atoms with E-state index >= 15 is 0 Å². The molecule has 0 fully saturated rings. The minimum absolute atomic E-state index is 0.0265. The topological polar surface area (TPSA) is 21.3 Å². The number of rotatable bonds is 0. The monoisotopic (exact) mass is 241 g/mol. The van der Waals surface area contributed by atoms with E-state index in [1.165, 1.54) is 28.0 Å². The van der Waals surface area contributed by atoms with Gasteiger partial charge in [0, 0.05) is 22.7 Å². The van der Waals surface area contributed by atoms with E-state index in [9.17, 15) is 0 Å². The fourth-order valence-corrected chi connectivity index (χ4v) is 2.97. The molecule has 0 aromatic carbocycles. The minimum Gasteiger partial charge on any atom is -0.472 e. The zero-order valence-corrected chi connectivity index (χ0v) is 11.4.